The second kappa shape index (κ2) is 16.5. The lowest BCUT2D eigenvalue weighted by Gasteiger charge is -2.26. The minimum absolute atomic E-state index is 0.0400. The summed E-state index contributed by atoms with van der Waals surface area (Å²) in [6, 6.07) is 25.6. The summed E-state index contributed by atoms with van der Waals surface area (Å²) in [7, 11) is 0. The summed E-state index contributed by atoms with van der Waals surface area (Å²) in [6.45, 7) is 5.15. The van der Waals surface area contributed by atoms with E-state index in [-0.39, 0.29) is 5.91 Å². The van der Waals surface area contributed by atoms with Gasteiger partial charge in [-0.25, -0.2) is 0 Å². The molecule has 7 nitrogen and oxygen atoms in total. The van der Waals surface area contributed by atoms with Crippen molar-refractivity contribution >= 4 is 28.9 Å². The maximum Gasteiger partial charge on any atom is 0.220 e. The molecule has 1 aliphatic rings. The first kappa shape index (κ1) is 29.4. The highest BCUT2D eigenvalue weighted by atomic mass is 32.1. The molecule has 1 amide bonds. The molecule has 0 spiro atoms. The van der Waals surface area contributed by atoms with Crippen LogP contribution < -0.4 is 25.4 Å². The maximum absolute atomic E-state index is 12.2. The quantitative estimate of drug-likeness (QED) is 0.162. The van der Waals surface area contributed by atoms with Crippen LogP contribution in [0.25, 0.3) is 0 Å². The monoisotopic (exact) mass is 560 g/mol. The highest BCUT2D eigenvalue weighted by Crippen LogP contribution is 2.22. The zero-order valence-electron chi connectivity index (χ0n) is 23.1. The molecule has 3 aromatic carbocycles. The summed E-state index contributed by atoms with van der Waals surface area (Å²) in [6.07, 6.45) is 5.85. The molecule has 1 heterocycles. The molecule has 1 fully saturated rings. The van der Waals surface area contributed by atoms with E-state index in [9.17, 15) is 4.79 Å². The third-order valence-electron chi connectivity index (χ3n) is 6.62. The Balaban J connectivity index is 1.02. The van der Waals surface area contributed by atoms with Crippen LogP contribution >= 0.6 is 12.2 Å². The number of thiocarbonyl (C=S) groups is 1. The molecule has 0 unspecified atom stereocenters. The van der Waals surface area contributed by atoms with Crippen LogP contribution in [-0.2, 0) is 11.3 Å². The van der Waals surface area contributed by atoms with Crippen molar-refractivity contribution in [2.75, 3.05) is 38.1 Å². The van der Waals surface area contributed by atoms with Crippen molar-refractivity contribution in [3.63, 3.8) is 0 Å². The van der Waals surface area contributed by atoms with E-state index in [1.165, 1.54) is 37.9 Å². The van der Waals surface area contributed by atoms with Crippen LogP contribution in [0.5, 0.6) is 17.2 Å². The molecule has 40 heavy (non-hydrogen) atoms. The molecule has 0 aliphatic carbocycles. The molecule has 0 atom stereocenters. The summed E-state index contributed by atoms with van der Waals surface area (Å²) >= 11 is 5.37. The van der Waals surface area contributed by atoms with Gasteiger partial charge in [-0.2, -0.15) is 0 Å². The van der Waals surface area contributed by atoms with Gasteiger partial charge >= 0.3 is 0 Å². The minimum Gasteiger partial charge on any atom is -0.494 e. The lowest BCUT2D eigenvalue weighted by atomic mass is 10.1. The van der Waals surface area contributed by atoms with Crippen molar-refractivity contribution in [3.8, 4) is 17.2 Å². The molecule has 0 saturated carbocycles. The van der Waals surface area contributed by atoms with E-state index in [4.69, 9.17) is 21.7 Å². The average Bonchev–Trinajstić information content (AvgIpc) is 2.97. The number of likely N-dealkylation sites (tertiary alicyclic amines) is 1. The summed E-state index contributed by atoms with van der Waals surface area (Å²) < 4.78 is 11.7. The number of hydrogen-bond acceptors (Lipinski definition) is 5. The van der Waals surface area contributed by atoms with Crippen LogP contribution in [0.2, 0.25) is 0 Å². The van der Waals surface area contributed by atoms with Crippen LogP contribution in [0.15, 0.2) is 78.9 Å². The number of carbonyl (C=O) groups excluding carboxylic acids is 1. The molecule has 3 aromatic rings. The Morgan fingerprint density at radius 3 is 2.33 bits per heavy atom. The lowest BCUT2D eigenvalue weighted by molar-refractivity contribution is -0.121. The van der Waals surface area contributed by atoms with Gasteiger partial charge in [-0.1, -0.05) is 36.8 Å². The van der Waals surface area contributed by atoms with Crippen LogP contribution in [0.3, 0.4) is 0 Å². The molecule has 8 heteroatoms. The topological polar surface area (TPSA) is 74.9 Å². The number of nitrogens with zero attached hydrogens (tertiary/aromatic N) is 1. The Labute approximate surface area is 243 Å². The predicted octanol–water partition coefficient (Wildman–Crippen LogP) is 6.12. The van der Waals surface area contributed by atoms with E-state index in [1.54, 1.807) is 0 Å². The molecular weight excluding hydrogens is 520 g/mol. The number of para-hydroxylation sites is 1. The summed E-state index contributed by atoms with van der Waals surface area (Å²) in [5, 5.41) is 9.80. The number of hydrogen-bond donors (Lipinski definition) is 3. The zero-order valence-corrected chi connectivity index (χ0v) is 23.9. The largest absolute Gasteiger partial charge is 0.494 e. The SMILES string of the molecule is O=C(CCCNC(=S)Nc1ccc(Oc2ccccc2)cc1)NCCCOc1cccc(CN2CCCCC2)c1. The number of piperidine rings is 1. The number of amides is 1. The van der Waals surface area contributed by atoms with E-state index < -0.39 is 0 Å². The molecule has 0 aromatic heterocycles. The summed E-state index contributed by atoms with van der Waals surface area (Å²) in [5.74, 6) is 2.48. The van der Waals surface area contributed by atoms with Gasteiger partial charge in [0.25, 0.3) is 0 Å². The average molecular weight is 561 g/mol. The molecule has 1 saturated heterocycles. The van der Waals surface area contributed by atoms with Crippen molar-refractivity contribution in [1.82, 2.24) is 15.5 Å². The summed E-state index contributed by atoms with van der Waals surface area (Å²) in [5.41, 5.74) is 2.16. The van der Waals surface area contributed by atoms with Crippen molar-refractivity contribution in [2.45, 2.75) is 45.1 Å². The molecular formula is C32H40N4O3S. The van der Waals surface area contributed by atoms with Gasteiger partial charge in [-0.15, -0.1) is 0 Å². The fourth-order valence-corrected chi connectivity index (χ4v) is 4.76. The standard InChI is InChI=1S/C32H40N4O3S/c37-31(33-20-9-23-38-30-13-7-10-26(24-30)25-36-21-5-2-6-22-36)14-8-19-34-32(40)35-27-15-17-29(18-16-27)39-28-11-3-1-4-12-28/h1,3-4,7,10-13,15-18,24H,2,5-6,8-9,14,19-23,25H2,(H,33,37)(H2,34,35,40). The number of carbonyl (C=O) groups is 1. The van der Waals surface area contributed by atoms with E-state index in [0.717, 1.165) is 35.9 Å². The third kappa shape index (κ3) is 10.9. The van der Waals surface area contributed by atoms with Gasteiger partial charge in [0, 0.05) is 31.7 Å². The van der Waals surface area contributed by atoms with Gasteiger partial charge in [0.15, 0.2) is 5.11 Å². The van der Waals surface area contributed by atoms with Crippen molar-refractivity contribution < 1.29 is 14.3 Å². The van der Waals surface area contributed by atoms with Gasteiger partial charge in [0.2, 0.25) is 5.91 Å². The van der Waals surface area contributed by atoms with E-state index in [0.29, 0.717) is 37.7 Å². The van der Waals surface area contributed by atoms with Crippen LogP contribution in [0.4, 0.5) is 5.69 Å². The zero-order chi connectivity index (χ0) is 27.8. The molecule has 1 aliphatic heterocycles. The number of nitrogens with one attached hydrogen (secondary N) is 3. The second-order valence-electron chi connectivity index (χ2n) is 9.96. The highest BCUT2D eigenvalue weighted by Gasteiger charge is 2.10. The Hall–Kier alpha value is -3.62. The first-order valence-electron chi connectivity index (χ1n) is 14.2. The van der Waals surface area contributed by atoms with Gasteiger partial charge in [-0.05, 0) is 105 Å². The number of rotatable bonds is 14. The van der Waals surface area contributed by atoms with E-state index in [2.05, 4.69) is 39.0 Å². The molecule has 0 bridgehead atoms. The van der Waals surface area contributed by atoms with Crippen molar-refractivity contribution in [1.29, 1.82) is 0 Å². The van der Waals surface area contributed by atoms with Gasteiger partial charge in [-0.3, -0.25) is 9.69 Å². The fourth-order valence-electron chi connectivity index (χ4n) is 4.54. The molecule has 4 rings (SSSR count). The molecule has 3 N–H and O–H groups in total. The normalized spacial score (nSPS) is 13.3. The first-order chi connectivity index (χ1) is 19.6. The third-order valence-corrected chi connectivity index (χ3v) is 6.87. The minimum atomic E-state index is 0.0400. The highest BCUT2D eigenvalue weighted by molar-refractivity contribution is 7.80. The van der Waals surface area contributed by atoms with Crippen LogP contribution in [0.1, 0.15) is 44.1 Å². The van der Waals surface area contributed by atoms with Crippen LogP contribution in [0, 0.1) is 0 Å². The van der Waals surface area contributed by atoms with Crippen LogP contribution in [-0.4, -0.2) is 48.7 Å². The second-order valence-corrected chi connectivity index (χ2v) is 10.4. The van der Waals surface area contributed by atoms with E-state index >= 15 is 0 Å². The number of ether oxygens (including phenoxy) is 2. The van der Waals surface area contributed by atoms with Gasteiger partial charge in [0.05, 0.1) is 6.61 Å². The number of benzene rings is 3. The fraction of sp³-hybridized carbons (Fsp3) is 0.375. The molecule has 0 radical (unpaired) electrons. The Morgan fingerprint density at radius 2 is 1.52 bits per heavy atom. The Kier molecular flexibility index (Phi) is 12.1. The lowest BCUT2D eigenvalue weighted by Crippen LogP contribution is -2.31. The number of anilines is 1. The van der Waals surface area contributed by atoms with Crippen molar-refractivity contribution in [2.24, 2.45) is 0 Å². The summed E-state index contributed by atoms with van der Waals surface area (Å²) in [4.78, 5) is 14.7. The Morgan fingerprint density at radius 1 is 0.800 bits per heavy atom. The van der Waals surface area contributed by atoms with Crippen molar-refractivity contribution in [3.05, 3.63) is 84.4 Å². The van der Waals surface area contributed by atoms with Gasteiger partial charge in [0.1, 0.15) is 17.2 Å². The van der Waals surface area contributed by atoms with E-state index in [1.807, 2.05) is 60.7 Å². The maximum atomic E-state index is 12.2. The van der Waals surface area contributed by atoms with Gasteiger partial charge < -0.3 is 25.4 Å². The molecule has 212 valence electrons. The Bertz CT molecular complexity index is 1180. The predicted molar refractivity (Wildman–Crippen MR) is 165 cm³/mol. The first-order valence-corrected chi connectivity index (χ1v) is 14.6. The smallest absolute Gasteiger partial charge is 0.220 e.